The van der Waals surface area contributed by atoms with Gasteiger partial charge in [-0.05, 0) is 30.7 Å². The van der Waals surface area contributed by atoms with Crippen LogP contribution in [0.25, 0.3) is 0 Å². The smallest absolute Gasteiger partial charge is 0.320 e. The minimum Gasteiger partial charge on any atom is -0.468 e. The highest BCUT2D eigenvalue weighted by Gasteiger charge is 2.17. The molecule has 0 saturated heterocycles. The van der Waals surface area contributed by atoms with Gasteiger partial charge in [0.05, 0.1) is 12.9 Å². The molecule has 8 heteroatoms. The number of ether oxygens (including phenoxy) is 1. The summed E-state index contributed by atoms with van der Waals surface area (Å²) in [4.78, 5) is 22.5. The number of sulfone groups is 1. The zero-order valence-electron chi connectivity index (χ0n) is 11.7. The van der Waals surface area contributed by atoms with Crippen molar-refractivity contribution in [2.75, 3.05) is 29.7 Å². The standard InChI is InChI=1S/C13H18N2O5S/c1-20-13(17)9-21(18,19)8-2-3-12(16)15-11-6-4-10(14)5-7-11/h4-7H,2-3,8-9,14H2,1H3,(H,15,16). The first-order valence-electron chi connectivity index (χ1n) is 6.25. The van der Waals surface area contributed by atoms with Gasteiger partial charge in [-0.3, -0.25) is 9.59 Å². The van der Waals surface area contributed by atoms with E-state index >= 15 is 0 Å². The first kappa shape index (κ1) is 17.0. The molecule has 21 heavy (non-hydrogen) atoms. The van der Waals surface area contributed by atoms with Crippen molar-refractivity contribution in [2.45, 2.75) is 12.8 Å². The number of benzene rings is 1. The highest BCUT2D eigenvalue weighted by Crippen LogP contribution is 2.11. The molecule has 0 saturated carbocycles. The van der Waals surface area contributed by atoms with Crippen molar-refractivity contribution < 1.29 is 22.7 Å². The molecule has 1 rings (SSSR count). The van der Waals surface area contributed by atoms with Crippen LogP contribution in [-0.2, 0) is 24.2 Å². The Kier molecular flexibility index (Phi) is 6.16. The SMILES string of the molecule is COC(=O)CS(=O)(=O)CCCC(=O)Nc1ccc(N)cc1. The van der Waals surface area contributed by atoms with Gasteiger partial charge in [-0.15, -0.1) is 0 Å². The maximum absolute atomic E-state index is 11.6. The molecular weight excluding hydrogens is 296 g/mol. The summed E-state index contributed by atoms with van der Waals surface area (Å²) in [5.41, 5.74) is 6.69. The van der Waals surface area contributed by atoms with Crippen molar-refractivity contribution in [3.8, 4) is 0 Å². The maximum Gasteiger partial charge on any atom is 0.320 e. The molecule has 0 spiro atoms. The number of nitrogen functional groups attached to an aromatic ring is 1. The zero-order chi connectivity index (χ0) is 15.9. The Morgan fingerprint density at radius 1 is 1.24 bits per heavy atom. The number of carbonyl (C=O) groups is 2. The van der Waals surface area contributed by atoms with Gasteiger partial charge in [-0.2, -0.15) is 0 Å². The summed E-state index contributed by atoms with van der Waals surface area (Å²) in [5, 5.41) is 2.63. The summed E-state index contributed by atoms with van der Waals surface area (Å²) in [7, 11) is -2.42. The molecule has 0 heterocycles. The maximum atomic E-state index is 11.6. The number of hydrogen-bond donors (Lipinski definition) is 2. The van der Waals surface area contributed by atoms with Crippen LogP contribution < -0.4 is 11.1 Å². The molecule has 0 aromatic heterocycles. The van der Waals surface area contributed by atoms with E-state index in [1.807, 2.05) is 0 Å². The van der Waals surface area contributed by atoms with E-state index in [0.717, 1.165) is 7.11 Å². The summed E-state index contributed by atoms with van der Waals surface area (Å²) in [6.45, 7) is 0. The lowest BCUT2D eigenvalue weighted by molar-refractivity contribution is -0.137. The molecule has 0 unspecified atom stereocenters. The Hall–Kier alpha value is -2.09. The van der Waals surface area contributed by atoms with Crippen molar-refractivity contribution in [1.29, 1.82) is 0 Å². The Morgan fingerprint density at radius 2 is 1.86 bits per heavy atom. The average Bonchev–Trinajstić information content (AvgIpc) is 2.40. The van der Waals surface area contributed by atoms with E-state index in [4.69, 9.17) is 5.73 Å². The average molecular weight is 314 g/mol. The van der Waals surface area contributed by atoms with E-state index in [9.17, 15) is 18.0 Å². The van der Waals surface area contributed by atoms with Crippen molar-refractivity contribution in [3.05, 3.63) is 24.3 Å². The van der Waals surface area contributed by atoms with Crippen LogP contribution in [0.15, 0.2) is 24.3 Å². The third kappa shape index (κ3) is 6.75. The largest absolute Gasteiger partial charge is 0.468 e. The predicted molar refractivity (Wildman–Crippen MR) is 79.4 cm³/mol. The Bertz CT molecular complexity index is 595. The van der Waals surface area contributed by atoms with Gasteiger partial charge in [0.1, 0.15) is 5.75 Å². The number of carbonyl (C=O) groups excluding carboxylic acids is 2. The second-order valence-electron chi connectivity index (χ2n) is 4.44. The van der Waals surface area contributed by atoms with Crippen LogP contribution in [0.2, 0.25) is 0 Å². The monoisotopic (exact) mass is 314 g/mol. The van der Waals surface area contributed by atoms with E-state index < -0.39 is 21.6 Å². The fraction of sp³-hybridized carbons (Fsp3) is 0.385. The second-order valence-corrected chi connectivity index (χ2v) is 6.63. The van der Waals surface area contributed by atoms with E-state index in [1.54, 1.807) is 24.3 Å². The summed E-state index contributed by atoms with van der Waals surface area (Å²) < 4.78 is 27.4. The second kappa shape index (κ2) is 7.63. The highest BCUT2D eigenvalue weighted by atomic mass is 32.2. The Balaban J connectivity index is 2.36. The molecule has 0 bridgehead atoms. The number of amides is 1. The quantitative estimate of drug-likeness (QED) is 0.561. The van der Waals surface area contributed by atoms with Gasteiger partial charge < -0.3 is 15.8 Å². The van der Waals surface area contributed by atoms with Crippen molar-refractivity contribution >= 4 is 33.1 Å². The number of anilines is 2. The van der Waals surface area contributed by atoms with Crippen LogP contribution in [0.4, 0.5) is 11.4 Å². The highest BCUT2D eigenvalue weighted by molar-refractivity contribution is 7.92. The molecule has 0 aliphatic heterocycles. The number of rotatable bonds is 7. The van der Waals surface area contributed by atoms with Crippen LogP contribution in [-0.4, -0.2) is 38.9 Å². The minimum atomic E-state index is -3.54. The van der Waals surface area contributed by atoms with Crippen LogP contribution in [0, 0.1) is 0 Å². The van der Waals surface area contributed by atoms with Gasteiger partial charge in [-0.25, -0.2) is 8.42 Å². The molecule has 0 atom stereocenters. The molecule has 1 aromatic rings. The van der Waals surface area contributed by atoms with Crippen LogP contribution >= 0.6 is 0 Å². The molecule has 1 amide bonds. The topological polar surface area (TPSA) is 116 Å². The van der Waals surface area contributed by atoms with E-state index in [-0.39, 0.29) is 24.5 Å². The van der Waals surface area contributed by atoms with Gasteiger partial charge >= 0.3 is 5.97 Å². The van der Waals surface area contributed by atoms with E-state index in [1.165, 1.54) is 0 Å². The van der Waals surface area contributed by atoms with Crippen molar-refractivity contribution in [3.63, 3.8) is 0 Å². The first-order chi connectivity index (χ1) is 9.82. The summed E-state index contributed by atoms with van der Waals surface area (Å²) in [6, 6.07) is 6.61. The van der Waals surface area contributed by atoms with Crippen LogP contribution in [0.1, 0.15) is 12.8 Å². The molecule has 3 N–H and O–H groups in total. The lowest BCUT2D eigenvalue weighted by atomic mass is 10.2. The normalized spacial score (nSPS) is 10.9. The first-order valence-corrected chi connectivity index (χ1v) is 8.07. The molecular formula is C13H18N2O5S. The summed E-state index contributed by atoms with van der Waals surface area (Å²) in [6.07, 6.45) is 0.185. The van der Waals surface area contributed by atoms with E-state index in [2.05, 4.69) is 10.1 Å². The summed E-state index contributed by atoms with van der Waals surface area (Å²) >= 11 is 0. The van der Waals surface area contributed by atoms with Crippen LogP contribution in [0.5, 0.6) is 0 Å². The van der Waals surface area contributed by atoms with Gasteiger partial charge in [-0.1, -0.05) is 0 Å². The van der Waals surface area contributed by atoms with Gasteiger partial charge in [0.25, 0.3) is 0 Å². The molecule has 0 aliphatic rings. The Morgan fingerprint density at radius 3 is 2.43 bits per heavy atom. The van der Waals surface area contributed by atoms with Crippen molar-refractivity contribution in [2.24, 2.45) is 0 Å². The third-order valence-electron chi connectivity index (χ3n) is 2.62. The number of nitrogens with one attached hydrogen (secondary N) is 1. The fourth-order valence-corrected chi connectivity index (χ4v) is 2.76. The molecule has 1 aromatic carbocycles. The lowest BCUT2D eigenvalue weighted by Crippen LogP contribution is -2.21. The summed E-state index contributed by atoms with van der Waals surface area (Å²) in [5.74, 6) is -2.00. The molecule has 0 radical (unpaired) electrons. The number of methoxy groups -OCH3 is 1. The lowest BCUT2D eigenvalue weighted by Gasteiger charge is -2.06. The molecule has 0 fully saturated rings. The van der Waals surface area contributed by atoms with E-state index in [0.29, 0.717) is 11.4 Å². The molecule has 7 nitrogen and oxygen atoms in total. The zero-order valence-corrected chi connectivity index (χ0v) is 12.5. The van der Waals surface area contributed by atoms with Crippen LogP contribution in [0.3, 0.4) is 0 Å². The Labute approximate surface area is 123 Å². The number of hydrogen-bond acceptors (Lipinski definition) is 6. The van der Waals surface area contributed by atoms with Gasteiger partial charge in [0, 0.05) is 17.8 Å². The van der Waals surface area contributed by atoms with Gasteiger partial charge in [0.15, 0.2) is 9.84 Å². The predicted octanol–water partition coefficient (Wildman–Crippen LogP) is 0.575. The number of esters is 1. The van der Waals surface area contributed by atoms with Crippen molar-refractivity contribution in [1.82, 2.24) is 0 Å². The molecule has 116 valence electrons. The van der Waals surface area contributed by atoms with Gasteiger partial charge in [0.2, 0.25) is 5.91 Å². The fourth-order valence-electron chi connectivity index (χ4n) is 1.55. The minimum absolute atomic E-state index is 0.0464. The molecule has 0 aliphatic carbocycles. The number of nitrogens with two attached hydrogens (primary N) is 1. The third-order valence-corrected chi connectivity index (χ3v) is 4.21.